The van der Waals surface area contributed by atoms with E-state index in [1.807, 2.05) is 18.2 Å². The summed E-state index contributed by atoms with van der Waals surface area (Å²) in [5, 5.41) is 3.03. The molecule has 104 valence electrons. The zero-order chi connectivity index (χ0) is 13.7. The van der Waals surface area contributed by atoms with Crippen LogP contribution < -0.4 is 11.1 Å². The maximum Gasteiger partial charge on any atom is 0.234 e. The number of amides is 1. The summed E-state index contributed by atoms with van der Waals surface area (Å²) in [5.74, 6) is 0.139. The molecule has 19 heavy (non-hydrogen) atoms. The van der Waals surface area contributed by atoms with Crippen LogP contribution in [-0.2, 0) is 11.3 Å². The van der Waals surface area contributed by atoms with Crippen LogP contribution in [0, 0.1) is 0 Å². The number of nitrogens with two attached hydrogens (primary N) is 1. The molecule has 1 aromatic carbocycles. The summed E-state index contributed by atoms with van der Waals surface area (Å²) in [6, 6.07) is 8.30. The van der Waals surface area contributed by atoms with Crippen LogP contribution in [0.1, 0.15) is 31.7 Å². The van der Waals surface area contributed by atoms with Gasteiger partial charge >= 0.3 is 0 Å². The van der Waals surface area contributed by atoms with Crippen LogP contribution in [0.25, 0.3) is 0 Å². The Kier molecular flexibility index (Phi) is 4.80. The Morgan fingerprint density at radius 2 is 2.26 bits per heavy atom. The quantitative estimate of drug-likeness (QED) is 0.735. The molecule has 0 aromatic heterocycles. The molecule has 3 N–H and O–H groups in total. The summed E-state index contributed by atoms with van der Waals surface area (Å²) in [4.78, 5) is 14.0. The fraction of sp³-hybridized carbons (Fsp3) is 0.533. The molecule has 1 aliphatic carbocycles. The Balaban J connectivity index is 1.88. The van der Waals surface area contributed by atoms with Gasteiger partial charge in [0.2, 0.25) is 5.91 Å². The maximum absolute atomic E-state index is 11.9. The number of nitrogens with one attached hydrogen (secondary N) is 1. The number of rotatable bonds is 7. The molecule has 0 spiro atoms. The molecule has 0 unspecified atom stereocenters. The minimum absolute atomic E-state index is 0.139. The summed E-state index contributed by atoms with van der Waals surface area (Å²) < 4.78 is 0. The van der Waals surface area contributed by atoms with E-state index in [9.17, 15) is 4.79 Å². The molecule has 0 heterocycles. The molecule has 1 saturated carbocycles. The van der Waals surface area contributed by atoms with Gasteiger partial charge in [0, 0.05) is 18.3 Å². The molecule has 1 aromatic rings. The number of hydrogen-bond acceptors (Lipinski definition) is 3. The molecule has 4 nitrogen and oxygen atoms in total. The van der Waals surface area contributed by atoms with Crippen molar-refractivity contribution in [2.24, 2.45) is 0 Å². The average Bonchev–Trinajstić information content (AvgIpc) is 3.13. The number of anilines is 1. The van der Waals surface area contributed by atoms with E-state index >= 15 is 0 Å². The normalized spacial score (nSPS) is 14.6. The van der Waals surface area contributed by atoms with Crippen LogP contribution in [0.15, 0.2) is 24.3 Å². The summed E-state index contributed by atoms with van der Waals surface area (Å²) in [5.41, 5.74) is 7.72. The molecule has 0 saturated heterocycles. The molecule has 0 atom stereocenters. The third-order valence-electron chi connectivity index (χ3n) is 3.21. The number of hydrogen-bond donors (Lipinski definition) is 2. The van der Waals surface area contributed by atoms with E-state index in [-0.39, 0.29) is 5.91 Å². The number of nitrogen functional groups attached to an aromatic ring is 1. The third kappa shape index (κ3) is 4.91. The molecule has 0 bridgehead atoms. The first kappa shape index (κ1) is 13.9. The van der Waals surface area contributed by atoms with Gasteiger partial charge in [-0.2, -0.15) is 0 Å². The van der Waals surface area contributed by atoms with E-state index in [1.165, 1.54) is 0 Å². The zero-order valence-corrected chi connectivity index (χ0v) is 11.6. The number of carbonyl (C=O) groups is 1. The Morgan fingerprint density at radius 3 is 2.89 bits per heavy atom. The SMILES string of the molecule is CCCN(CC(=O)NC1CC1)Cc1cccc(N)c1. The van der Waals surface area contributed by atoms with Crippen molar-refractivity contribution in [1.29, 1.82) is 0 Å². The first-order valence-corrected chi connectivity index (χ1v) is 7.03. The standard InChI is InChI=1S/C15H23N3O/c1-2-8-18(11-15(19)17-14-6-7-14)10-12-4-3-5-13(16)9-12/h3-5,9,14H,2,6-8,10-11,16H2,1H3,(H,17,19). The highest BCUT2D eigenvalue weighted by molar-refractivity contribution is 5.78. The van der Waals surface area contributed by atoms with Gasteiger partial charge in [0.15, 0.2) is 0 Å². The van der Waals surface area contributed by atoms with Crippen LogP contribution in [0.4, 0.5) is 5.69 Å². The highest BCUT2D eigenvalue weighted by Crippen LogP contribution is 2.18. The maximum atomic E-state index is 11.9. The summed E-state index contributed by atoms with van der Waals surface area (Å²) >= 11 is 0. The number of benzene rings is 1. The lowest BCUT2D eigenvalue weighted by atomic mass is 10.2. The third-order valence-corrected chi connectivity index (χ3v) is 3.21. The van der Waals surface area contributed by atoms with Gasteiger partial charge < -0.3 is 11.1 Å². The van der Waals surface area contributed by atoms with Gasteiger partial charge in [-0.15, -0.1) is 0 Å². The van der Waals surface area contributed by atoms with Crippen LogP contribution in [0.2, 0.25) is 0 Å². The Hall–Kier alpha value is -1.55. The van der Waals surface area contributed by atoms with Gasteiger partial charge in [-0.3, -0.25) is 9.69 Å². The molecule has 1 fully saturated rings. The highest BCUT2D eigenvalue weighted by atomic mass is 16.2. The minimum Gasteiger partial charge on any atom is -0.399 e. The average molecular weight is 261 g/mol. The Morgan fingerprint density at radius 1 is 1.47 bits per heavy atom. The monoisotopic (exact) mass is 261 g/mol. The van der Waals surface area contributed by atoms with Crippen molar-refractivity contribution in [2.45, 2.75) is 38.8 Å². The zero-order valence-electron chi connectivity index (χ0n) is 11.6. The lowest BCUT2D eigenvalue weighted by molar-refractivity contribution is -0.122. The van der Waals surface area contributed by atoms with Crippen LogP contribution in [-0.4, -0.2) is 29.9 Å². The number of carbonyl (C=O) groups excluding carboxylic acids is 1. The molecule has 4 heteroatoms. The molecular weight excluding hydrogens is 238 g/mol. The van der Waals surface area contributed by atoms with Crippen LogP contribution in [0.3, 0.4) is 0 Å². The fourth-order valence-electron chi connectivity index (χ4n) is 2.18. The molecule has 1 aliphatic rings. The van der Waals surface area contributed by atoms with E-state index in [0.717, 1.165) is 43.6 Å². The Bertz CT molecular complexity index is 429. The second kappa shape index (κ2) is 6.57. The Labute approximate surface area is 115 Å². The van der Waals surface area contributed by atoms with Crippen molar-refractivity contribution in [3.63, 3.8) is 0 Å². The van der Waals surface area contributed by atoms with Gasteiger partial charge in [0.25, 0.3) is 0 Å². The van der Waals surface area contributed by atoms with Gasteiger partial charge in [-0.05, 0) is 43.5 Å². The van der Waals surface area contributed by atoms with E-state index in [1.54, 1.807) is 0 Å². The smallest absolute Gasteiger partial charge is 0.234 e. The van der Waals surface area contributed by atoms with Crippen molar-refractivity contribution in [3.8, 4) is 0 Å². The lowest BCUT2D eigenvalue weighted by Crippen LogP contribution is -2.38. The van der Waals surface area contributed by atoms with Gasteiger partial charge in [-0.25, -0.2) is 0 Å². The van der Waals surface area contributed by atoms with Gasteiger partial charge in [0.05, 0.1) is 6.54 Å². The van der Waals surface area contributed by atoms with E-state index in [0.29, 0.717) is 12.6 Å². The number of nitrogens with zero attached hydrogens (tertiary/aromatic N) is 1. The van der Waals surface area contributed by atoms with Crippen LogP contribution in [0.5, 0.6) is 0 Å². The lowest BCUT2D eigenvalue weighted by Gasteiger charge is -2.21. The van der Waals surface area contributed by atoms with E-state index in [2.05, 4.69) is 23.2 Å². The first-order valence-electron chi connectivity index (χ1n) is 7.03. The second-order valence-corrected chi connectivity index (χ2v) is 5.30. The largest absolute Gasteiger partial charge is 0.399 e. The molecule has 1 amide bonds. The summed E-state index contributed by atoms with van der Waals surface area (Å²) in [6.45, 7) is 4.30. The molecule has 2 rings (SSSR count). The van der Waals surface area contributed by atoms with Gasteiger partial charge in [-0.1, -0.05) is 19.1 Å². The topological polar surface area (TPSA) is 58.4 Å². The van der Waals surface area contributed by atoms with Crippen molar-refractivity contribution >= 4 is 11.6 Å². The first-order chi connectivity index (χ1) is 9.17. The van der Waals surface area contributed by atoms with Crippen molar-refractivity contribution in [3.05, 3.63) is 29.8 Å². The molecular formula is C15H23N3O. The summed E-state index contributed by atoms with van der Waals surface area (Å²) in [7, 11) is 0. The minimum atomic E-state index is 0.139. The summed E-state index contributed by atoms with van der Waals surface area (Å²) in [6.07, 6.45) is 3.31. The predicted molar refractivity (Wildman–Crippen MR) is 77.6 cm³/mol. The fourth-order valence-corrected chi connectivity index (χ4v) is 2.18. The second-order valence-electron chi connectivity index (χ2n) is 5.30. The van der Waals surface area contributed by atoms with Crippen molar-refractivity contribution in [1.82, 2.24) is 10.2 Å². The predicted octanol–water partition coefficient (Wildman–Crippen LogP) is 1.76. The van der Waals surface area contributed by atoms with Gasteiger partial charge in [0.1, 0.15) is 0 Å². The molecule has 0 aliphatic heterocycles. The van der Waals surface area contributed by atoms with E-state index in [4.69, 9.17) is 5.73 Å². The van der Waals surface area contributed by atoms with Crippen molar-refractivity contribution < 1.29 is 4.79 Å². The van der Waals surface area contributed by atoms with Crippen LogP contribution >= 0.6 is 0 Å². The van der Waals surface area contributed by atoms with Crippen molar-refractivity contribution in [2.75, 3.05) is 18.8 Å². The molecule has 0 radical (unpaired) electrons. The van der Waals surface area contributed by atoms with E-state index < -0.39 is 0 Å². The highest BCUT2D eigenvalue weighted by Gasteiger charge is 2.23.